The Morgan fingerprint density at radius 2 is 2.17 bits per heavy atom. The van der Waals surface area contributed by atoms with Crippen LogP contribution in [0.15, 0.2) is 6.07 Å². The number of aromatic nitrogens is 1. The molecule has 0 atom stereocenters. The Labute approximate surface area is 72.9 Å². The van der Waals surface area contributed by atoms with Gasteiger partial charge < -0.3 is 0 Å². The zero-order chi connectivity index (χ0) is 9.14. The summed E-state index contributed by atoms with van der Waals surface area (Å²) in [6, 6.07) is 4.12. The van der Waals surface area contributed by atoms with E-state index in [-0.39, 0.29) is 0 Å². The highest BCUT2D eigenvalue weighted by Gasteiger charge is 2.05. The fourth-order valence-electron chi connectivity index (χ4n) is 1.32. The van der Waals surface area contributed by atoms with Crippen LogP contribution in [0.3, 0.4) is 0 Å². The molecule has 0 radical (unpaired) electrons. The number of aryl methyl sites for hydroxylation is 3. The average molecular weight is 160 g/mol. The van der Waals surface area contributed by atoms with Crippen molar-refractivity contribution in [3.8, 4) is 6.07 Å². The quantitative estimate of drug-likeness (QED) is 0.631. The molecular formula is C10H12N2. The van der Waals surface area contributed by atoms with E-state index in [1.54, 1.807) is 0 Å². The third-order valence-corrected chi connectivity index (χ3v) is 1.87. The lowest BCUT2D eigenvalue weighted by molar-refractivity contribution is 0.986. The molecule has 0 fully saturated rings. The largest absolute Gasteiger partial charge is 0.257 e. The topological polar surface area (TPSA) is 36.7 Å². The van der Waals surface area contributed by atoms with Crippen molar-refractivity contribution in [2.75, 3.05) is 0 Å². The number of pyridine rings is 1. The Balaban J connectivity index is 3.36. The zero-order valence-corrected chi connectivity index (χ0v) is 7.68. The molecule has 1 aromatic rings. The van der Waals surface area contributed by atoms with Crippen molar-refractivity contribution >= 4 is 0 Å². The van der Waals surface area contributed by atoms with Gasteiger partial charge in [0, 0.05) is 5.69 Å². The van der Waals surface area contributed by atoms with Crippen LogP contribution in [0.4, 0.5) is 0 Å². The minimum absolute atomic E-state index is 0.739. The molecule has 0 spiro atoms. The molecule has 0 amide bonds. The van der Waals surface area contributed by atoms with Crippen molar-refractivity contribution in [1.29, 1.82) is 5.26 Å². The molecule has 12 heavy (non-hydrogen) atoms. The third-order valence-electron chi connectivity index (χ3n) is 1.87. The highest BCUT2D eigenvalue weighted by atomic mass is 14.7. The second-order valence-electron chi connectivity index (χ2n) is 2.87. The summed E-state index contributed by atoms with van der Waals surface area (Å²) in [7, 11) is 0. The molecule has 2 nitrogen and oxygen atoms in total. The fourth-order valence-corrected chi connectivity index (χ4v) is 1.32. The van der Waals surface area contributed by atoms with Crippen LogP contribution in [0.2, 0.25) is 0 Å². The summed E-state index contributed by atoms with van der Waals surface area (Å²) >= 11 is 0. The van der Waals surface area contributed by atoms with Gasteiger partial charge in [0.15, 0.2) is 0 Å². The van der Waals surface area contributed by atoms with Gasteiger partial charge >= 0.3 is 0 Å². The van der Waals surface area contributed by atoms with Gasteiger partial charge in [-0.05, 0) is 31.9 Å². The molecule has 0 aliphatic rings. The van der Waals surface area contributed by atoms with E-state index in [9.17, 15) is 0 Å². The Kier molecular flexibility index (Phi) is 2.44. The predicted molar refractivity (Wildman–Crippen MR) is 47.8 cm³/mol. The lowest BCUT2D eigenvalue weighted by Gasteiger charge is -2.04. The van der Waals surface area contributed by atoms with Crippen molar-refractivity contribution in [3.63, 3.8) is 0 Å². The summed E-state index contributed by atoms with van der Waals surface area (Å²) in [5, 5.41) is 8.83. The molecule has 0 saturated heterocycles. The first-order valence-electron chi connectivity index (χ1n) is 4.06. The van der Waals surface area contributed by atoms with Gasteiger partial charge in [-0.25, -0.2) is 0 Å². The number of nitrogens with zero attached hydrogens (tertiary/aromatic N) is 2. The van der Waals surface area contributed by atoms with Gasteiger partial charge in [-0.15, -0.1) is 0 Å². The summed E-state index contributed by atoms with van der Waals surface area (Å²) < 4.78 is 0. The highest BCUT2D eigenvalue weighted by molar-refractivity contribution is 5.41. The number of nitriles is 1. The number of rotatable bonds is 1. The molecule has 0 saturated carbocycles. The molecule has 0 aromatic carbocycles. The molecule has 0 aliphatic heterocycles. The third kappa shape index (κ3) is 1.45. The molecule has 1 heterocycles. The van der Waals surface area contributed by atoms with Crippen LogP contribution in [-0.2, 0) is 6.42 Å². The van der Waals surface area contributed by atoms with Gasteiger partial charge in [0.05, 0.1) is 11.3 Å². The Morgan fingerprint density at radius 3 is 2.67 bits per heavy atom. The van der Waals surface area contributed by atoms with E-state index in [4.69, 9.17) is 5.26 Å². The summed E-state index contributed by atoms with van der Waals surface area (Å²) in [6.45, 7) is 5.92. The average Bonchev–Trinajstić information content (AvgIpc) is 2.03. The molecule has 62 valence electrons. The molecule has 0 bridgehead atoms. The fraction of sp³-hybridized carbons (Fsp3) is 0.400. The van der Waals surface area contributed by atoms with Crippen LogP contribution in [0.5, 0.6) is 0 Å². The Hall–Kier alpha value is -1.36. The number of hydrogen-bond donors (Lipinski definition) is 0. The van der Waals surface area contributed by atoms with Gasteiger partial charge in [-0.1, -0.05) is 6.92 Å². The van der Waals surface area contributed by atoms with Crippen LogP contribution >= 0.6 is 0 Å². The smallest absolute Gasteiger partial charge is 0.101 e. The first-order valence-corrected chi connectivity index (χ1v) is 4.06. The van der Waals surface area contributed by atoms with Crippen LogP contribution in [0, 0.1) is 25.2 Å². The minimum Gasteiger partial charge on any atom is -0.257 e. The van der Waals surface area contributed by atoms with E-state index in [1.165, 1.54) is 0 Å². The van der Waals surface area contributed by atoms with E-state index >= 15 is 0 Å². The van der Waals surface area contributed by atoms with Crippen molar-refractivity contribution in [3.05, 3.63) is 28.6 Å². The van der Waals surface area contributed by atoms with Gasteiger partial charge in [0.25, 0.3) is 0 Å². The molecule has 1 rings (SSSR count). The van der Waals surface area contributed by atoms with E-state index in [0.29, 0.717) is 0 Å². The lowest BCUT2D eigenvalue weighted by Crippen LogP contribution is -1.97. The predicted octanol–water partition coefficient (Wildman–Crippen LogP) is 2.13. The standard InChI is InChI=1S/C10H12N2/c1-4-10-9(6-11)7(2)5-8(3)12-10/h5H,4H2,1-3H3. The minimum atomic E-state index is 0.739. The van der Waals surface area contributed by atoms with Crippen LogP contribution < -0.4 is 0 Å². The van der Waals surface area contributed by atoms with Crippen molar-refractivity contribution in [1.82, 2.24) is 4.98 Å². The maximum atomic E-state index is 8.83. The van der Waals surface area contributed by atoms with Crippen molar-refractivity contribution in [2.24, 2.45) is 0 Å². The summed E-state index contributed by atoms with van der Waals surface area (Å²) in [4.78, 5) is 4.30. The molecule has 0 aliphatic carbocycles. The maximum Gasteiger partial charge on any atom is 0.101 e. The summed E-state index contributed by atoms with van der Waals surface area (Å²) in [5.74, 6) is 0. The molecule has 2 heteroatoms. The zero-order valence-electron chi connectivity index (χ0n) is 7.68. The normalized spacial score (nSPS) is 9.50. The molecule has 0 unspecified atom stereocenters. The Bertz CT molecular complexity index is 334. The molecular weight excluding hydrogens is 148 g/mol. The van der Waals surface area contributed by atoms with E-state index in [2.05, 4.69) is 11.1 Å². The van der Waals surface area contributed by atoms with Crippen LogP contribution in [0.25, 0.3) is 0 Å². The van der Waals surface area contributed by atoms with Gasteiger partial charge in [0.1, 0.15) is 6.07 Å². The van der Waals surface area contributed by atoms with Gasteiger partial charge in [0.2, 0.25) is 0 Å². The molecule has 1 aromatic heterocycles. The Morgan fingerprint density at radius 1 is 1.50 bits per heavy atom. The van der Waals surface area contributed by atoms with Gasteiger partial charge in [-0.3, -0.25) is 4.98 Å². The first kappa shape index (κ1) is 8.73. The van der Waals surface area contributed by atoms with Crippen LogP contribution in [0.1, 0.15) is 29.4 Å². The maximum absolute atomic E-state index is 8.83. The SMILES string of the molecule is CCc1nc(C)cc(C)c1C#N. The summed E-state index contributed by atoms with van der Waals surface area (Å²) in [6.07, 6.45) is 0.825. The molecule has 0 N–H and O–H groups in total. The van der Waals surface area contributed by atoms with E-state index in [1.807, 2.05) is 26.8 Å². The van der Waals surface area contributed by atoms with E-state index < -0.39 is 0 Å². The second-order valence-corrected chi connectivity index (χ2v) is 2.87. The van der Waals surface area contributed by atoms with Crippen molar-refractivity contribution in [2.45, 2.75) is 27.2 Å². The van der Waals surface area contributed by atoms with Crippen molar-refractivity contribution < 1.29 is 0 Å². The highest BCUT2D eigenvalue weighted by Crippen LogP contribution is 2.12. The summed E-state index contributed by atoms with van der Waals surface area (Å²) in [5.41, 5.74) is 3.67. The van der Waals surface area contributed by atoms with Gasteiger partial charge in [-0.2, -0.15) is 5.26 Å². The monoisotopic (exact) mass is 160 g/mol. The van der Waals surface area contributed by atoms with Crippen LogP contribution in [-0.4, -0.2) is 4.98 Å². The second kappa shape index (κ2) is 3.36. The lowest BCUT2D eigenvalue weighted by atomic mass is 10.1. The number of hydrogen-bond acceptors (Lipinski definition) is 2. The van der Waals surface area contributed by atoms with E-state index in [0.717, 1.165) is 28.9 Å². The first-order chi connectivity index (χ1) is 5.69.